The number of amides is 1. The second kappa shape index (κ2) is 5.30. The summed E-state index contributed by atoms with van der Waals surface area (Å²) in [4.78, 5) is 23.3. The quantitative estimate of drug-likeness (QED) is 0.885. The molecule has 102 valence electrons. The van der Waals surface area contributed by atoms with Crippen LogP contribution in [0.2, 0.25) is 0 Å². The van der Waals surface area contributed by atoms with Crippen LogP contribution in [0.25, 0.3) is 0 Å². The Kier molecular flexibility index (Phi) is 3.91. The van der Waals surface area contributed by atoms with Crippen LogP contribution in [0.1, 0.15) is 17.3 Å². The lowest BCUT2D eigenvalue weighted by Gasteiger charge is -2.25. The number of ether oxygens (including phenoxy) is 1. The number of halogens is 1. The van der Waals surface area contributed by atoms with Crippen molar-refractivity contribution in [2.24, 2.45) is 5.41 Å². The first kappa shape index (κ1) is 14.0. The third-order valence-electron chi connectivity index (χ3n) is 3.34. The van der Waals surface area contributed by atoms with Crippen molar-refractivity contribution < 1.29 is 19.4 Å². The number of carboxylic acid groups (broad SMARTS) is 1. The highest BCUT2D eigenvalue weighted by Crippen LogP contribution is 2.29. The summed E-state index contributed by atoms with van der Waals surface area (Å²) in [6.07, 6.45) is 0. The van der Waals surface area contributed by atoms with Crippen molar-refractivity contribution in [1.29, 1.82) is 0 Å². The fraction of sp³-hybridized carbons (Fsp3) is 0.385. The molecule has 0 saturated carbocycles. The van der Waals surface area contributed by atoms with Gasteiger partial charge in [0.05, 0.1) is 19.3 Å². The van der Waals surface area contributed by atoms with Crippen LogP contribution >= 0.6 is 15.9 Å². The van der Waals surface area contributed by atoms with E-state index in [1.54, 1.807) is 25.1 Å². The van der Waals surface area contributed by atoms with Crippen LogP contribution < -0.4 is 5.32 Å². The van der Waals surface area contributed by atoms with E-state index in [0.717, 1.165) is 4.47 Å². The maximum absolute atomic E-state index is 12.1. The van der Waals surface area contributed by atoms with Gasteiger partial charge in [0.2, 0.25) is 0 Å². The molecule has 0 bridgehead atoms. The summed E-state index contributed by atoms with van der Waals surface area (Å²) in [6.45, 7) is 1.89. The number of carbonyl (C=O) groups excluding carboxylic acids is 1. The van der Waals surface area contributed by atoms with E-state index in [-0.39, 0.29) is 19.1 Å². The first-order valence-corrected chi connectivity index (χ1v) is 6.60. The van der Waals surface area contributed by atoms with Gasteiger partial charge in [-0.1, -0.05) is 22.0 Å². The monoisotopic (exact) mass is 327 g/mol. The van der Waals surface area contributed by atoms with Gasteiger partial charge in [-0.05, 0) is 25.1 Å². The molecule has 1 amide bonds. The number of carbonyl (C=O) groups is 2. The van der Waals surface area contributed by atoms with E-state index in [4.69, 9.17) is 4.74 Å². The van der Waals surface area contributed by atoms with Crippen molar-refractivity contribution in [2.75, 3.05) is 13.2 Å². The van der Waals surface area contributed by atoms with Crippen molar-refractivity contribution in [3.63, 3.8) is 0 Å². The fourth-order valence-corrected chi connectivity index (χ4v) is 2.36. The summed E-state index contributed by atoms with van der Waals surface area (Å²) in [5.74, 6) is -1.27. The maximum atomic E-state index is 12.1. The van der Waals surface area contributed by atoms with Gasteiger partial charge < -0.3 is 15.2 Å². The number of carboxylic acids is 1. The minimum Gasteiger partial charge on any atom is -0.481 e. The molecule has 6 heteroatoms. The van der Waals surface area contributed by atoms with E-state index in [1.165, 1.54) is 0 Å². The zero-order valence-corrected chi connectivity index (χ0v) is 11.9. The van der Waals surface area contributed by atoms with Crippen LogP contribution in [0, 0.1) is 5.41 Å². The Bertz CT molecular complexity index is 519. The fourth-order valence-electron chi connectivity index (χ4n) is 1.96. The van der Waals surface area contributed by atoms with Crippen molar-refractivity contribution in [2.45, 2.75) is 13.0 Å². The number of benzene rings is 1. The zero-order valence-electron chi connectivity index (χ0n) is 10.4. The van der Waals surface area contributed by atoms with Crippen LogP contribution in [-0.4, -0.2) is 36.2 Å². The van der Waals surface area contributed by atoms with Crippen LogP contribution in [-0.2, 0) is 9.53 Å². The van der Waals surface area contributed by atoms with Crippen molar-refractivity contribution in [3.8, 4) is 0 Å². The van der Waals surface area contributed by atoms with Crippen molar-refractivity contribution in [3.05, 3.63) is 34.3 Å². The summed E-state index contributed by atoms with van der Waals surface area (Å²) >= 11 is 3.29. The Labute approximate surface area is 119 Å². The standard InChI is InChI=1S/C13H14BrNO4/c1-13(12(17)18)7-19-6-10(13)15-11(16)8-3-2-4-9(14)5-8/h2-5,10H,6-7H2,1H3,(H,15,16)(H,17,18). The number of nitrogens with one attached hydrogen (secondary N) is 1. The molecular formula is C13H14BrNO4. The molecular weight excluding hydrogens is 314 g/mol. The minimum atomic E-state index is -1.08. The van der Waals surface area contributed by atoms with E-state index in [0.29, 0.717) is 5.56 Å². The Balaban J connectivity index is 2.13. The van der Waals surface area contributed by atoms with Gasteiger partial charge in [-0.25, -0.2) is 0 Å². The molecule has 2 N–H and O–H groups in total. The lowest BCUT2D eigenvalue weighted by Crippen LogP contribution is -2.49. The van der Waals surface area contributed by atoms with Crippen LogP contribution in [0.3, 0.4) is 0 Å². The second-order valence-corrected chi connectivity index (χ2v) is 5.69. The molecule has 1 aliphatic rings. The number of rotatable bonds is 3. The van der Waals surface area contributed by atoms with E-state index in [2.05, 4.69) is 21.2 Å². The highest BCUT2D eigenvalue weighted by atomic mass is 79.9. The molecule has 1 aromatic rings. The number of aliphatic carboxylic acids is 1. The molecule has 0 radical (unpaired) electrons. The predicted octanol–water partition coefficient (Wildman–Crippen LogP) is 1.67. The third-order valence-corrected chi connectivity index (χ3v) is 3.83. The van der Waals surface area contributed by atoms with Crippen LogP contribution in [0.4, 0.5) is 0 Å². The summed E-state index contributed by atoms with van der Waals surface area (Å²) in [6, 6.07) is 6.39. The summed E-state index contributed by atoms with van der Waals surface area (Å²) < 4.78 is 5.98. The smallest absolute Gasteiger partial charge is 0.313 e. The highest BCUT2D eigenvalue weighted by molar-refractivity contribution is 9.10. The maximum Gasteiger partial charge on any atom is 0.313 e. The molecule has 1 aromatic carbocycles. The van der Waals surface area contributed by atoms with E-state index >= 15 is 0 Å². The van der Waals surface area contributed by atoms with Gasteiger partial charge in [-0.15, -0.1) is 0 Å². The highest BCUT2D eigenvalue weighted by Gasteiger charge is 2.47. The predicted molar refractivity (Wildman–Crippen MR) is 72.0 cm³/mol. The Hall–Kier alpha value is -1.40. The summed E-state index contributed by atoms with van der Waals surface area (Å²) in [5, 5.41) is 12.0. The molecule has 1 heterocycles. The zero-order chi connectivity index (χ0) is 14.0. The molecule has 1 saturated heterocycles. The molecule has 1 aliphatic heterocycles. The molecule has 0 spiro atoms. The first-order valence-electron chi connectivity index (χ1n) is 5.81. The van der Waals surface area contributed by atoms with Crippen molar-refractivity contribution >= 4 is 27.8 Å². The summed E-state index contributed by atoms with van der Waals surface area (Å²) in [5.41, 5.74) is -0.601. The molecule has 2 unspecified atom stereocenters. The number of hydrogen-bond donors (Lipinski definition) is 2. The van der Waals surface area contributed by atoms with Gasteiger partial charge in [0.25, 0.3) is 5.91 Å². The lowest BCUT2D eigenvalue weighted by molar-refractivity contribution is -0.148. The van der Waals surface area contributed by atoms with Crippen molar-refractivity contribution in [1.82, 2.24) is 5.32 Å². The largest absolute Gasteiger partial charge is 0.481 e. The van der Waals surface area contributed by atoms with Crippen LogP contribution in [0.15, 0.2) is 28.7 Å². The lowest BCUT2D eigenvalue weighted by atomic mass is 9.85. The molecule has 0 aromatic heterocycles. The second-order valence-electron chi connectivity index (χ2n) is 4.77. The number of hydrogen-bond acceptors (Lipinski definition) is 3. The minimum absolute atomic E-state index is 0.103. The molecule has 0 aliphatic carbocycles. The Morgan fingerprint density at radius 2 is 2.26 bits per heavy atom. The van der Waals surface area contributed by atoms with Gasteiger partial charge in [-0.2, -0.15) is 0 Å². The molecule has 2 atom stereocenters. The normalized spacial score (nSPS) is 26.1. The SMILES string of the molecule is CC1(C(=O)O)COCC1NC(=O)c1cccc(Br)c1. The Morgan fingerprint density at radius 3 is 2.89 bits per heavy atom. The topological polar surface area (TPSA) is 75.6 Å². The Morgan fingerprint density at radius 1 is 1.53 bits per heavy atom. The van der Waals surface area contributed by atoms with Gasteiger partial charge >= 0.3 is 5.97 Å². The van der Waals surface area contributed by atoms with E-state index in [9.17, 15) is 14.7 Å². The van der Waals surface area contributed by atoms with E-state index in [1.807, 2.05) is 6.07 Å². The van der Waals surface area contributed by atoms with Crippen LogP contribution in [0.5, 0.6) is 0 Å². The molecule has 1 fully saturated rings. The van der Waals surface area contributed by atoms with Gasteiger partial charge in [0, 0.05) is 10.0 Å². The summed E-state index contributed by atoms with van der Waals surface area (Å²) in [7, 11) is 0. The molecule has 5 nitrogen and oxygen atoms in total. The first-order chi connectivity index (χ1) is 8.93. The van der Waals surface area contributed by atoms with E-state index < -0.39 is 17.4 Å². The average Bonchev–Trinajstić information content (AvgIpc) is 2.72. The molecule has 2 rings (SSSR count). The van der Waals surface area contributed by atoms with Gasteiger partial charge in [0.1, 0.15) is 5.41 Å². The van der Waals surface area contributed by atoms with Gasteiger partial charge in [-0.3, -0.25) is 9.59 Å². The average molecular weight is 328 g/mol. The third kappa shape index (κ3) is 2.79. The van der Waals surface area contributed by atoms with Gasteiger partial charge in [0.15, 0.2) is 0 Å². The molecule has 19 heavy (non-hydrogen) atoms.